The first-order valence-electron chi connectivity index (χ1n) is 6.41. The molecule has 0 saturated carbocycles. The van der Waals surface area contributed by atoms with Gasteiger partial charge in [-0.2, -0.15) is 0 Å². The van der Waals surface area contributed by atoms with Crippen molar-refractivity contribution in [2.24, 2.45) is 0 Å². The molecule has 0 spiro atoms. The van der Waals surface area contributed by atoms with E-state index in [4.69, 9.17) is 9.60 Å². The summed E-state index contributed by atoms with van der Waals surface area (Å²) in [7, 11) is 0. The van der Waals surface area contributed by atoms with E-state index in [1.807, 2.05) is 0 Å². The smallest absolute Gasteiger partial charge is 0.0490 e. The van der Waals surface area contributed by atoms with Crippen LogP contribution in [0.3, 0.4) is 0 Å². The molecule has 10 heavy (non-hydrogen) atoms. The van der Waals surface area contributed by atoms with E-state index in [0.29, 0.717) is 5.69 Å². The molecular weight excluding hydrogens is 122 g/mol. The Morgan fingerprint density at radius 1 is 1.50 bits per heavy atom. The third-order valence-corrected chi connectivity index (χ3v) is 1.04. The lowest BCUT2D eigenvalue weighted by molar-refractivity contribution is 0.980. The fourth-order valence-corrected chi connectivity index (χ4v) is 0.625. The summed E-state index contributed by atoms with van der Waals surface area (Å²) in [4.78, 5) is 0. The maximum absolute atomic E-state index is 7.54. The first kappa shape index (κ1) is 2.26. The summed E-state index contributed by atoms with van der Waals surface area (Å²) in [6.45, 7) is -5.74. The van der Waals surface area contributed by atoms with Crippen molar-refractivity contribution >= 4 is 5.69 Å². The average Bonchev–Trinajstić information content (AvgIpc) is 2.16. The summed E-state index contributed by atoms with van der Waals surface area (Å²) in [5, 5.41) is 2.26. The molecule has 0 fully saturated rings. The van der Waals surface area contributed by atoms with Gasteiger partial charge in [0, 0.05) is 21.8 Å². The molecule has 54 valence electrons. The van der Waals surface area contributed by atoms with Crippen LogP contribution in [0.15, 0.2) is 30.3 Å². The van der Waals surface area contributed by atoms with Gasteiger partial charge in [-0.15, -0.1) is 0 Å². The van der Waals surface area contributed by atoms with Crippen LogP contribution in [0.4, 0.5) is 5.69 Å². The van der Waals surface area contributed by atoms with Gasteiger partial charge in [0.1, 0.15) is 0 Å². The standard InChI is InChI=1S/C9H13N/c1-2-8-10-9-6-4-3-5-7-9/h3-7,10H,2,8H2,1H3/i1D3,2D2,8D2. The fourth-order valence-electron chi connectivity index (χ4n) is 0.625. The number of para-hydroxylation sites is 1. The molecule has 1 N–H and O–H groups in total. The second kappa shape index (κ2) is 3.94. The van der Waals surface area contributed by atoms with E-state index in [0.717, 1.165) is 0 Å². The lowest BCUT2D eigenvalue weighted by atomic mass is 10.3. The normalized spacial score (nSPS) is 23.8. The molecule has 0 atom stereocenters. The predicted octanol–water partition coefficient (Wildman–Crippen LogP) is 2.51. The van der Waals surface area contributed by atoms with Crippen molar-refractivity contribution in [3.05, 3.63) is 30.3 Å². The maximum atomic E-state index is 7.54. The molecule has 0 unspecified atom stereocenters. The summed E-state index contributed by atoms with van der Waals surface area (Å²) < 4.78 is 51.0. The molecular formula is C9H13N. The SMILES string of the molecule is [2H]C([2H])([2H])C([2H])([2H])C([2H])([2H])Nc1ccccc1. The van der Waals surface area contributed by atoms with Gasteiger partial charge in [0.2, 0.25) is 0 Å². The molecule has 0 aliphatic rings. The Labute approximate surface area is 71.9 Å². The van der Waals surface area contributed by atoms with E-state index in [9.17, 15) is 0 Å². The predicted molar refractivity (Wildman–Crippen MR) is 45.2 cm³/mol. The molecule has 1 nitrogen and oxygen atoms in total. The Balaban J connectivity index is 2.96. The van der Waals surface area contributed by atoms with Crippen LogP contribution in [-0.4, -0.2) is 6.50 Å². The Morgan fingerprint density at radius 2 is 2.30 bits per heavy atom. The van der Waals surface area contributed by atoms with Crippen molar-refractivity contribution < 1.29 is 9.60 Å². The Kier molecular flexibility index (Phi) is 0.890. The van der Waals surface area contributed by atoms with Crippen molar-refractivity contribution in [2.45, 2.75) is 13.2 Å². The quantitative estimate of drug-likeness (QED) is 0.683. The van der Waals surface area contributed by atoms with Crippen LogP contribution in [0.25, 0.3) is 0 Å². The second-order valence-electron chi connectivity index (χ2n) is 1.74. The van der Waals surface area contributed by atoms with Crippen LogP contribution in [0, 0.1) is 0 Å². The molecule has 0 aliphatic carbocycles. The average molecular weight is 142 g/mol. The number of hydrogen-bond donors (Lipinski definition) is 1. The molecule has 1 rings (SSSR count). The minimum Gasteiger partial charge on any atom is -0.385 e. The topological polar surface area (TPSA) is 12.0 Å². The fraction of sp³-hybridized carbons (Fsp3) is 0.333. The molecule has 0 heterocycles. The highest BCUT2D eigenvalue weighted by atomic mass is 14.9. The number of anilines is 1. The molecule has 1 aromatic carbocycles. The van der Waals surface area contributed by atoms with Crippen molar-refractivity contribution in [1.29, 1.82) is 0 Å². The van der Waals surface area contributed by atoms with Crippen molar-refractivity contribution in [2.75, 3.05) is 11.8 Å². The zero-order valence-corrected chi connectivity index (χ0v) is 5.39. The summed E-state index contributed by atoms with van der Waals surface area (Å²) in [5.74, 6) is 0. The van der Waals surface area contributed by atoms with E-state index in [1.54, 1.807) is 18.2 Å². The van der Waals surface area contributed by atoms with Gasteiger partial charge in [0.15, 0.2) is 0 Å². The lowest BCUT2D eigenvalue weighted by Gasteiger charge is -2.01. The van der Waals surface area contributed by atoms with Crippen LogP contribution in [0.2, 0.25) is 0 Å². The molecule has 1 aromatic rings. The van der Waals surface area contributed by atoms with E-state index >= 15 is 0 Å². The maximum Gasteiger partial charge on any atom is 0.0490 e. The minimum absolute atomic E-state index is 0.325. The van der Waals surface area contributed by atoms with Crippen LogP contribution < -0.4 is 5.32 Å². The van der Waals surface area contributed by atoms with Crippen molar-refractivity contribution in [1.82, 2.24) is 0 Å². The zero-order valence-electron chi connectivity index (χ0n) is 12.4. The van der Waals surface area contributed by atoms with E-state index < -0.39 is 19.7 Å². The molecule has 0 bridgehead atoms. The molecule has 0 amide bonds. The summed E-state index contributed by atoms with van der Waals surface area (Å²) in [5.41, 5.74) is 0.325. The molecule has 0 saturated heterocycles. The summed E-state index contributed by atoms with van der Waals surface area (Å²) in [6.07, 6.45) is -2.99. The van der Waals surface area contributed by atoms with E-state index in [1.165, 1.54) is 12.1 Å². The monoisotopic (exact) mass is 142 g/mol. The summed E-state index contributed by atoms with van der Waals surface area (Å²) in [6, 6.07) is 8.08. The van der Waals surface area contributed by atoms with Gasteiger partial charge in [0.25, 0.3) is 0 Å². The van der Waals surface area contributed by atoms with Crippen LogP contribution >= 0.6 is 0 Å². The number of rotatable bonds is 3. The number of hydrogen-bond acceptors (Lipinski definition) is 1. The Bertz CT molecular complexity index is 371. The van der Waals surface area contributed by atoms with Gasteiger partial charge in [-0.25, -0.2) is 0 Å². The highest BCUT2D eigenvalue weighted by molar-refractivity contribution is 5.42. The van der Waals surface area contributed by atoms with Gasteiger partial charge in [-0.1, -0.05) is 25.1 Å². The van der Waals surface area contributed by atoms with Gasteiger partial charge >= 0.3 is 0 Å². The lowest BCUT2D eigenvalue weighted by Crippen LogP contribution is -1.98. The minimum atomic E-state index is -3.04. The largest absolute Gasteiger partial charge is 0.385 e. The van der Waals surface area contributed by atoms with Crippen LogP contribution in [0.1, 0.15) is 22.8 Å². The van der Waals surface area contributed by atoms with Crippen molar-refractivity contribution in [3.63, 3.8) is 0 Å². The van der Waals surface area contributed by atoms with Gasteiger partial charge in [-0.3, -0.25) is 0 Å². The van der Waals surface area contributed by atoms with E-state index in [-0.39, 0.29) is 0 Å². The highest BCUT2D eigenvalue weighted by Crippen LogP contribution is 2.03. The molecule has 1 heteroatoms. The molecule has 0 aromatic heterocycles. The number of benzene rings is 1. The van der Waals surface area contributed by atoms with E-state index in [2.05, 4.69) is 5.32 Å². The zero-order chi connectivity index (χ0) is 13.3. The van der Waals surface area contributed by atoms with Gasteiger partial charge in [0.05, 0.1) is 0 Å². The number of nitrogens with one attached hydrogen (secondary N) is 1. The summed E-state index contributed by atoms with van der Waals surface area (Å²) >= 11 is 0. The Morgan fingerprint density at radius 3 is 3.00 bits per heavy atom. The van der Waals surface area contributed by atoms with Gasteiger partial charge < -0.3 is 5.32 Å². The Hall–Kier alpha value is -0.980. The van der Waals surface area contributed by atoms with Crippen molar-refractivity contribution in [3.8, 4) is 0 Å². The first-order valence-corrected chi connectivity index (χ1v) is 2.91. The molecule has 0 aliphatic heterocycles. The first-order chi connectivity index (χ1) is 7.58. The second-order valence-corrected chi connectivity index (χ2v) is 1.74. The van der Waals surface area contributed by atoms with Crippen LogP contribution in [-0.2, 0) is 0 Å². The molecule has 0 radical (unpaired) electrons. The van der Waals surface area contributed by atoms with Gasteiger partial charge in [-0.05, 0) is 18.5 Å². The van der Waals surface area contributed by atoms with Crippen LogP contribution in [0.5, 0.6) is 0 Å². The highest BCUT2D eigenvalue weighted by Gasteiger charge is 1.84. The third kappa shape index (κ3) is 2.09. The third-order valence-electron chi connectivity index (χ3n) is 1.04.